The summed E-state index contributed by atoms with van der Waals surface area (Å²) in [6, 6.07) is 10.5. The number of halogens is 2. The number of hydrogen-bond acceptors (Lipinski definition) is 5. The number of rotatable bonds is 6. The standard InChI is InChI=1S/C25H25B4F2N3O4/c1-23(2)24(3,4)38-29(37-23)15-8-9-17-19(13-15)33-11-10-18(20(33)32-17)34(25(26,27)28)21(35)14-6-5-7-16(12-14)36-22(30)31/h5-9,12-13,18,22H,10-11H2,1-4H3/t18-/m1/s1. The molecule has 0 bridgehead atoms. The van der Waals surface area contributed by atoms with E-state index in [0.717, 1.165) is 15.9 Å². The Morgan fingerprint density at radius 2 is 1.84 bits per heavy atom. The fraction of sp³-hybridized carbons (Fsp3) is 0.440. The van der Waals surface area contributed by atoms with Crippen LogP contribution in [0.2, 0.25) is 0 Å². The first-order chi connectivity index (χ1) is 17.7. The molecule has 1 atom stereocenters. The van der Waals surface area contributed by atoms with Gasteiger partial charge in [0.25, 0.3) is 5.91 Å². The van der Waals surface area contributed by atoms with Gasteiger partial charge in [-0.05, 0) is 69.9 Å². The van der Waals surface area contributed by atoms with Crippen LogP contribution >= 0.6 is 0 Å². The lowest BCUT2D eigenvalue weighted by atomic mass is 9.48. The van der Waals surface area contributed by atoms with E-state index >= 15 is 0 Å². The van der Waals surface area contributed by atoms with E-state index in [9.17, 15) is 13.6 Å². The number of imidazole rings is 1. The van der Waals surface area contributed by atoms with Gasteiger partial charge in [0, 0.05) is 12.1 Å². The summed E-state index contributed by atoms with van der Waals surface area (Å²) in [4.78, 5) is 19.5. The molecule has 1 fully saturated rings. The van der Waals surface area contributed by atoms with Crippen LogP contribution in [0.15, 0.2) is 42.5 Å². The molecule has 3 heterocycles. The van der Waals surface area contributed by atoms with E-state index in [-0.39, 0.29) is 11.3 Å². The molecule has 1 amide bonds. The van der Waals surface area contributed by atoms with Crippen LogP contribution in [-0.2, 0) is 15.9 Å². The summed E-state index contributed by atoms with van der Waals surface area (Å²) < 4.78 is 44.2. The smallest absolute Gasteiger partial charge is 0.435 e. The Morgan fingerprint density at radius 3 is 2.47 bits per heavy atom. The Morgan fingerprint density at radius 1 is 1.16 bits per heavy atom. The Bertz CT molecular complexity index is 1380. The van der Waals surface area contributed by atoms with Crippen molar-refractivity contribution in [2.75, 3.05) is 0 Å². The largest absolute Gasteiger partial charge is 0.494 e. The summed E-state index contributed by atoms with van der Waals surface area (Å²) in [5.41, 5.74) is 1.47. The lowest BCUT2D eigenvalue weighted by Gasteiger charge is -2.41. The van der Waals surface area contributed by atoms with Crippen molar-refractivity contribution in [1.82, 2.24) is 14.5 Å². The molecule has 2 aromatic carbocycles. The van der Waals surface area contributed by atoms with Gasteiger partial charge in [0.2, 0.25) is 0 Å². The highest BCUT2D eigenvalue weighted by Crippen LogP contribution is 2.39. The van der Waals surface area contributed by atoms with Gasteiger partial charge in [0.05, 0.1) is 51.8 Å². The van der Waals surface area contributed by atoms with Crippen molar-refractivity contribution < 1.29 is 27.6 Å². The monoisotopic (exact) mass is 513 g/mol. The first-order valence-corrected chi connectivity index (χ1v) is 12.3. The van der Waals surface area contributed by atoms with E-state index in [4.69, 9.17) is 37.8 Å². The van der Waals surface area contributed by atoms with Gasteiger partial charge in [-0.1, -0.05) is 17.4 Å². The minimum absolute atomic E-state index is 0.0477. The second-order valence-electron chi connectivity index (χ2n) is 10.7. The van der Waals surface area contributed by atoms with Gasteiger partial charge in [0.1, 0.15) is 11.6 Å². The number of alkyl halides is 2. The van der Waals surface area contributed by atoms with Crippen LogP contribution in [0.25, 0.3) is 11.0 Å². The first kappa shape index (κ1) is 26.8. The average molecular weight is 513 g/mol. The number of ether oxygens (including phenoxy) is 1. The molecule has 6 radical (unpaired) electrons. The SMILES string of the molecule is [B]C([B])([B])N(C(=O)c1cccc(OC(F)F)c1)[C@@H]1CCn2c1nc1ccc(B3OC(C)(C)C(C)(C)O3)cc12. The lowest BCUT2D eigenvalue weighted by molar-refractivity contribution is -0.0499. The molecule has 13 heteroatoms. The number of aromatic nitrogens is 2. The van der Waals surface area contributed by atoms with Gasteiger partial charge in [-0.25, -0.2) is 4.98 Å². The Labute approximate surface area is 224 Å². The van der Waals surface area contributed by atoms with Crippen LogP contribution in [-0.4, -0.2) is 74.1 Å². The van der Waals surface area contributed by atoms with E-state index in [1.54, 1.807) is 0 Å². The van der Waals surface area contributed by atoms with Crippen LogP contribution < -0.4 is 10.2 Å². The molecule has 0 N–H and O–H groups in total. The summed E-state index contributed by atoms with van der Waals surface area (Å²) in [6.07, 6.45) is 0.450. The predicted molar refractivity (Wildman–Crippen MR) is 142 cm³/mol. The van der Waals surface area contributed by atoms with Crippen LogP contribution in [0, 0.1) is 0 Å². The summed E-state index contributed by atoms with van der Waals surface area (Å²) in [5, 5.41) is -2.05. The number of fused-ring (bicyclic) bond motifs is 3. The molecule has 0 saturated carbocycles. The fourth-order valence-corrected chi connectivity index (χ4v) is 4.93. The highest BCUT2D eigenvalue weighted by Gasteiger charge is 2.52. The molecule has 190 valence electrons. The highest BCUT2D eigenvalue weighted by molar-refractivity contribution is 6.62. The predicted octanol–water partition coefficient (Wildman–Crippen LogP) is 2.64. The van der Waals surface area contributed by atoms with Gasteiger partial charge < -0.3 is 23.5 Å². The number of hydrogen-bond donors (Lipinski definition) is 0. The Kier molecular flexibility index (Phi) is 6.46. The zero-order valence-electron chi connectivity index (χ0n) is 21.7. The topological polar surface area (TPSA) is 65.8 Å². The highest BCUT2D eigenvalue weighted by atomic mass is 19.3. The third kappa shape index (κ3) is 4.64. The minimum Gasteiger partial charge on any atom is -0.435 e. The number of amides is 1. The molecule has 38 heavy (non-hydrogen) atoms. The first-order valence-electron chi connectivity index (χ1n) is 12.3. The normalized spacial score (nSPS) is 20.2. The number of aryl methyl sites for hydroxylation is 1. The minimum atomic E-state index is -3.04. The molecule has 2 aliphatic heterocycles. The molecule has 1 saturated heterocycles. The zero-order valence-corrected chi connectivity index (χ0v) is 21.7. The number of nitrogens with zero attached hydrogens (tertiary/aromatic N) is 3. The van der Waals surface area contributed by atoms with Gasteiger partial charge in [-0.2, -0.15) is 8.78 Å². The summed E-state index contributed by atoms with van der Waals surface area (Å²) in [7, 11) is 17.7. The van der Waals surface area contributed by atoms with Crippen LogP contribution in [0.5, 0.6) is 5.75 Å². The second-order valence-corrected chi connectivity index (χ2v) is 10.7. The lowest BCUT2D eigenvalue weighted by Crippen LogP contribution is -2.55. The van der Waals surface area contributed by atoms with Crippen molar-refractivity contribution in [1.29, 1.82) is 0 Å². The van der Waals surface area contributed by atoms with Crippen molar-refractivity contribution in [2.45, 2.75) is 69.8 Å². The third-order valence-electron chi connectivity index (χ3n) is 7.51. The van der Waals surface area contributed by atoms with Gasteiger partial charge in [-0.15, -0.1) is 0 Å². The maximum atomic E-state index is 13.6. The maximum absolute atomic E-state index is 13.6. The van der Waals surface area contributed by atoms with Crippen LogP contribution in [0.3, 0.4) is 0 Å². The van der Waals surface area contributed by atoms with Crippen molar-refractivity contribution in [3.05, 3.63) is 53.9 Å². The van der Waals surface area contributed by atoms with Crippen LogP contribution in [0.1, 0.15) is 56.3 Å². The quantitative estimate of drug-likeness (QED) is 0.475. The summed E-state index contributed by atoms with van der Waals surface area (Å²) >= 11 is 0. The number of benzene rings is 2. The number of carbonyl (C=O) groups is 1. The van der Waals surface area contributed by atoms with E-state index < -0.39 is 42.1 Å². The zero-order chi connectivity index (χ0) is 27.6. The van der Waals surface area contributed by atoms with Gasteiger partial charge >= 0.3 is 13.7 Å². The molecule has 0 unspecified atom stereocenters. The number of carbonyl (C=O) groups excluding carboxylic acids is 1. The Balaban J connectivity index is 1.49. The average Bonchev–Trinajstić information content (AvgIpc) is 3.42. The molecule has 0 spiro atoms. The van der Waals surface area contributed by atoms with E-state index in [0.29, 0.717) is 24.3 Å². The van der Waals surface area contributed by atoms with Crippen molar-refractivity contribution in [3.8, 4) is 5.75 Å². The van der Waals surface area contributed by atoms with E-state index in [1.165, 1.54) is 24.3 Å². The molecule has 7 nitrogen and oxygen atoms in total. The van der Waals surface area contributed by atoms with Crippen molar-refractivity contribution in [3.63, 3.8) is 0 Å². The van der Waals surface area contributed by atoms with E-state index in [2.05, 4.69) is 4.74 Å². The fourth-order valence-electron chi connectivity index (χ4n) is 4.93. The third-order valence-corrected chi connectivity index (χ3v) is 7.51. The van der Waals surface area contributed by atoms with Crippen molar-refractivity contribution >= 4 is 53.1 Å². The molecule has 5 rings (SSSR count). The molecule has 0 aliphatic carbocycles. The molecular weight excluding hydrogens is 488 g/mol. The van der Waals surface area contributed by atoms with Crippen molar-refractivity contribution in [2.24, 2.45) is 0 Å². The Hall–Kier alpha value is -2.78. The van der Waals surface area contributed by atoms with Gasteiger partial charge in [0.15, 0.2) is 0 Å². The maximum Gasteiger partial charge on any atom is 0.494 e. The molecule has 1 aromatic heterocycles. The van der Waals surface area contributed by atoms with Crippen LogP contribution in [0.4, 0.5) is 8.78 Å². The molecule has 2 aliphatic rings. The summed E-state index contributed by atoms with van der Waals surface area (Å²) in [6.45, 7) is 5.46. The summed E-state index contributed by atoms with van der Waals surface area (Å²) in [5.74, 6) is -0.248. The van der Waals surface area contributed by atoms with Gasteiger partial charge in [-0.3, -0.25) is 4.79 Å². The van der Waals surface area contributed by atoms with E-state index in [1.807, 2.05) is 50.5 Å². The molecular formula is C25H25B4F2N3O4. The molecule has 3 aromatic rings. The second kappa shape index (κ2) is 9.16.